The summed E-state index contributed by atoms with van der Waals surface area (Å²) in [7, 11) is 0. The Labute approximate surface area is 244 Å². The van der Waals surface area contributed by atoms with Crippen molar-refractivity contribution in [2.24, 2.45) is 0 Å². The number of imidazole rings is 1. The van der Waals surface area contributed by atoms with Gasteiger partial charge in [-0.15, -0.1) is 0 Å². The number of hydrogen-bond donors (Lipinski definition) is 0. The van der Waals surface area contributed by atoms with Gasteiger partial charge in [-0.1, -0.05) is 60.1 Å². The topological polar surface area (TPSA) is 52.8 Å². The first-order valence-electron chi connectivity index (χ1n) is 13.4. The molecule has 5 aromatic rings. The van der Waals surface area contributed by atoms with Crippen molar-refractivity contribution in [1.29, 1.82) is 0 Å². The number of ether oxygens (including phenoxy) is 2. The van der Waals surface area contributed by atoms with Gasteiger partial charge in [0.2, 0.25) is 0 Å². The van der Waals surface area contributed by atoms with Gasteiger partial charge >= 0.3 is 5.97 Å². The van der Waals surface area contributed by atoms with Crippen molar-refractivity contribution in [1.82, 2.24) is 9.38 Å². The molecular formula is C34H32ClFN2O3. The minimum atomic E-state index is -0.662. The first-order chi connectivity index (χ1) is 19.4. The Morgan fingerprint density at radius 1 is 0.951 bits per heavy atom. The molecule has 0 unspecified atom stereocenters. The van der Waals surface area contributed by atoms with E-state index < -0.39 is 11.6 Å². The molecule has 0 saturated heterocycles. The second kappa shape index (κ2) is 11.0. The quantitative estimate of drug-likeness (QED) is 0.151. The van der Waals surface area contributed by atoms with E-state index in [1.54, 1.807) is 10.6 Å². The van der Waals surface area contributed by atoms with Crippen LogP contribution in [0.3, 0.4) is 0 Å². The molecule has 2 aromatic heterocycles. The lowest BCUT2D eigenvalue weighted by atomic mass is 9.99. The molecule has 7 heteroatoms. The summed E-state index contributed by atoms with van der Waals surface area (Å²) < 4.78 is 28.9. The molecule has 0 aliphatic rings. The number of aryl methyl sites for hydroxylation is 2. The Morgan fingerprint density at radius 2 is 1.66 bits per heavy atom. The average molecular weight is 571 g/mol. The van der Waals surface area contributed by atoms with E-state index in [0.717, 1.165) is 22.3 Å². The van der Waals surface area contributed by atoms with Crippen LogP contribution in [0.2, 0.25) is 5.15 Å². The molecule has 0 radical (unpaired) electrons. The third-order valence-electron chi connectivity index (χ3n) is 6.88. The summed E-state index contributed by atoms with van der Waals surface area (Å²) in [5, 5.41) is 0.230. The number of esters is 1. The molecule has 210 valence electrons. The highest BCUT2D eigenvalue weighted by molar-refractivity contribution is 6.33. The Hall–Kier alpha value is -4.16. The first-order valence-corrected chi connectivity index (χ1v) is 13.8. The Morgan fingerprint density at radius 3 is 2.37 bits per heavy atom. The normalized spacial score (nSPS) is 11.6. The number of halogens is 2. The van der Waals surface area contributed by atoms with Crippen LogP contribution in [0.1, 0.15) is 53.4 Å². The number of hydrogen-bond acceptors (Lipinski definition) is 4. The highest BCUT2D eigenvalue weighted by atomic mass is 35.5. The standard InChI is InChI=1S/C34H32ClFN2O3/c1-20-15-26(36)30(28(16-20)40-19-23-11-8-7-9-12-23)25-14-10-13-24(17-25)27-18-38-31(35)29(33(39)41-34(4,5)6)21(2)22(3)32(38)37-27/h7-18H,19H2,1-6H3. The molecule has 0 spiro atoms. The van der Waals surface area contributed by atoms with Gasteiger partial charge in [0, 0.05) is 11.8 Å². The fraction of sp³-hybridized carbons (Fsp3) is 0.235. The van der Waals surface area contributed by atoms with Crippen molar-refractivity contribution < 1.29 is 18.7 Å². The van der Waals surface area contributed by atoms with Gasteiger partial charge in [0.15, 0.2) is 0 Å². The van der Waals surface area contributed by atoms with Gasteiger partial charge in [0.05, 0.1) is 16.8 Å². The lowest BCUT2D eigenvalue weighted by Crippen LogP contribution is -2.25. The Kier molecular flexibility index (Phi) is 7.62. The van der Waals surface area contributed by atoms with Crippen LogP contribution in [0.15, 0.2) is 72.9 Å². The molecule has 0 aliphatic carbocycles. The molecule has 0 aliphatic heterocycles. The smallest absolute Gasteiger partial charge is 0.342 e. The van der Waals surface area contributed by atoms with E-state index in [1.807, 2.05) is 102 Å². The minimum absolute atomic E-state index is 0.230. The summed E-state index contributed by atoms with van der Waals surface area (Å²) in [5.41, 5.74) is 6.03. The summed E-state index contributed by atoms with van der Waals surface area (Å²) in [6.45, 7) is 11.4. The second-order valence-corrected chi connectivity index (χ2v) is 11.6. The van der Waals surface area contributed by atoms with Crippen molar-refractivity contribution in [3.8, 4) is 28.1 Å². The SMILES string of the molecule is Cc1cc(F)c(-c2cccc(-c3cn4c(Cl)c(C(=O)OC(C)(C)C)c(C)c(C)c4n3)c2)c(OCc2ccccc2)c1. The van der Waals surface area contributed by atoms with Gasteiger partial charge < -0.3 is 9.47 Å². The van der Waals surface area contributed by atoms with Crippen molar-refractivity contribution in [2.75, 3.05) is 0 Å². The number of benzene rings is 3. The molecule has 0 N–H and O–H groups in total. The summed E-state index contributed by atoms with van der Waals surface area (Å²) in [4.78, 5) is 17.9. The highest BCUT2D eigenvalue weighted by Crippen LogP contribution is 2.37. The molecule has 0 saturated carbocycles. The second-order valence-electron chi connectivity index (χ2n) is 11.2. The maximum atomic E-state index is 15.5. The van der Waals surface area contributed by atoms with E-state index in [9.17, 15) is 4.79 Å². The van der Waals surface area contributed by atoms with Gasteiger partial charge in [-0.25, -0.2) is 14.2 Å². The van der Waals surface area contributed by atoms with Crippen LogP contribution in [0.4, 0.5) is 4.39 Å². The zero-order valence-corrected chi connectivity index (χ0v) is 24.8. The molecule has 2 heterocycles. The number of aromatic nitrogens is 2. The van der Waals surface area contributed by atoms with Crippen LogP contribution in [0.5, 0.6) is 5.75 Å². The molecule has 0 atom stereocenters. The highest BCUT2D eigenvalue weighted by Gasteiger charge is 2.26. The lowest BCUT2D eigenvalue weighted by Gasteiger charge is -2.21. The molecular weight excluding hydrogens is 539 g/mol. The minimum Gasteiger partial charge on any atom is -0.488 e. The van der Waals surface area contributed by atoms with E-state index in [-0.39, 0.29) is 11.0 Å². The third-order valence-corrected chi connectivity index (χ3v) is 7.25. The molecule has 41 heavy (non-hydrogen) atoms. The number of rotatable bonds is 6. The van der Waals surface area contributed by atoms with Gasteiger partial charge in [-0.05, 0) is 87.6 Å². The monoisotopic (exact) mass is 570 g/mol. The first kappa shape index (κ1) is 28.4. The van der Waals surface area contributed by atoms with Crippen LogP contribution in [-0.2, 0) is 11.3 Å². The maximum Gasteiger partial charge on any atom is 0.342 e. The van der Waals surface area contributed by atoms with Crippen molar-refractivity contribution in [3.05, 3.63) is 112 Å². The van der Waals surface area contributed by atoms with Gasteiger partial charge in [-0.3, -0.25) is 4.40 Å². The van der Waals surface area contributed by atoms with E-state index in [0.29, 0.717) is 46.0 Å². The number of carbonyl (C=O) groups is 1. The van der Waals surface area contributed by atoms with Crippen LogP contribution in [0, 0.1) is 26.6 Å². The third kappa shape index (κ3) is 5.84. The van der Waals surface area contributed by atoms with Crippen LogP contribution in [-0.4, -0.2) is 21.0 Å². The van der Waals surface area contributed by atoms with E-state index in [2.05, 4.69) is 0 Å². The number of fused-ring (bicyclic) bond motifs is 1. The molecule has 5 nitrogen and oxygen atoms in total. The van der Waals surface area contributed by atoms with E-state index in [4.69, 9.17) is 26.1 Å². The maximum absolute atomic E-state index is 15.5. The molecule has 5 rings (SSSR count). The average Bonchev–Trinajstić information content (AvgIpc) is 3.36. The zero-order valence-electron chi connectivity index (χ0n) is 24.0. The van der Waals surface area contributed by atoms with Crippen LogP contribution < -0.4 is 4.74 Å². The fourth-order valence-corrected chi connectivity index (χ4v) is 5.15. The van der Waals surface area contributed by atoms with Crippen LogP contribution in [0.25, 0.3) is 28.0 Å². The Balaban J connectivity index is 1.56. The van der Waals surface area contributed by atoms with E-state index in [1.165, 1.54) is 6.07 Å². The summed E-state index contributed by atoms with van der Waals surface area (Å²) in [6, 6.07) is 20.6. The Bertz CT molecular complexity index is 1770. The number of pyridine rings is 1. The van der Waals surface area contributed by atoms with Gasteiger partial charge in [-0.2, -0.15) is 0 Å². The number of carbonyl (C=O) groups excluding carboxylic acids is 1. The molecule has 3 aromatic carbocycles. The van der Waals surface area contributed by atoms with Gasteiger partial charge in [0.25, 0.3) is 0 Å². The largest absolute Gasteiger partial charge is 0.488 e. The summed E-state index contributed by atoms with van der Waals surface area (Å²) in [5.74, 6) is -0.383. The predicted molar refractivity (Wildman–Crippen MR) is 161 cm³/mol. The van der Waals surface area contributed by atoms with Crippen molar-refractivity contribution in [2.45, 2.75) is 53.8 Å². The van der Waals surface area contributed by atoms with Crippen molar-refractivity contribution in [3.63, 3.8) is 0 Å². The zero-order chi connectivity index (χ0) is 29.5. The summed E-state index contributed by atoms with van der Waals surface area (Å²) in [6.07, 6.45) is 1.79. The van der Waals surface area contributed by atoms with Crippen LogP contribution >= 0.6 is 11.6 Å². The predicted octanol–water partition coefficient (Wildman–Crippen LogP) is 8.92. The molecule has 0 amide bonds. The van der Waals surface area contributed by atoms with E-state index >= 15 is 4.39 Å². The summed E-state index contributed by atoms with van der Waals surface area (Å²) >= 11 is 6.77. The molecule has 0 bridgehead atoms. The number of nitrogens with zero attached hydrogens (tertiary/aromatic N) is 2. The lowest BCUT2D eigenvalue weighted by molar-refractivity contribution is 0.00683. The fourth-order valence-electron chi connectivity index (χ4n) is 4.80. The molecule has 0 fully saturated rings. The van der Waals surface area contributed by atoms with Crippen molar-refractivity contribution >= 4 is 23.2 Å². The van der Waals surface area contributed by atoms with Gasteiger partial charge in [0.1, 0.15) is 34.6 Å².